The number of nitrogens with two attached hydrogens (primary N) is 1. The second-order valence-electron chi connectivity index (χ2n) is 5.22. The van der Waals surface area contributed by atoms with Gasteiger partial charge in [-0.1, -0.05) is 0 Å². The fourth-order valence-corrected chi connectivity index (χ4v) is 1.98. The Morgan fingerprint density at radius 3 is 2.36 bits per heavy atom. The van der Waals surface area contributed by atoms with Crippen LogP contribution in [-0.2, 0) is 4.74 Å². The quantitative estimate of drug-likeness (QED) is 0.566. The molecule has 10 heteroatoms. The lowest BCUT2D eigenvalue weighted by Crippen LogP contribution is -2.16. The lowest BCUT2D eigenvalue weighted by molar-refractivity contribution is -0.274. The highest BCUT2D eigenvalue weighted by atomic mass is 19.4. The van der Waals surface area contributed by atoms with Gasteiger partial charge in [-0.3, -0.25) is 5.32 Å². The molecule has 2 aromatic rings. The van der Waals surface area contributed by atoms with Gasteiger partial charge in [0.1, 0.15) is 17.9 Å². The minimum Gasteiger partial charge on any atom is -0.450 e. The van der Waals surface area contributed by atoms with Gasteiger partial charge in [0.25, 0.3) is 0 Å². The van der Waals surface area contributed by atoms with Crippen LogP contribution in [0.5, 0.6) is 5.75 Å². The normalized spacial score (nSPS) is 12.1. The van der Waals surface area contributed by atoms with Gasteiger partial charge in [0.15, 0.2) is 0 Å². The van der Waals surface area contributed by atoms with Crippen molar-refractivity contribution in [3.63, 3.8) is 0 Å². The van der Waals surface area contributed by atoms with Gasteiger partial charge in [0, 0.05) is 11.3 Å². The zero-order valence-corrected chi connectivity index (χ0v) is 14.7. The Kier molecular flexibility index (Phi) is 6.96. The fraction of sp³-hybridized carbons (Fsp3) is 0.167. The van der Waals surface area contributed by atoms with Crippen LogP contribution in [0.2, 0.25) is 0 Å². The van der Waals surface area contributed by atoms with E-state index in [0.29, 0.717) is 16.9 Å². The number of nitrogens with zero attached hydrogens (tertiary/aromatic N) is 2. The highest BCUT2D eigenvalue weighted by Gasteiger charge is 2.30. The van der Waals surface area contributed by atoms with E-state index in [0.717, 1.165) is 12.1 Å². The van der Waals surface area contributed by atoms with Gasteiger partial charge in [0.2, 0.25) is 0 Å². The molecule has 0 saturated heterocycles. The van der Waals surface area contributed by atoms with Crippen LogP contribution in [0.15, 0.2) is 58.5 Å². The van der Waals surface area contributed by atoms with Gasteiger partial charge < -0.3 is 15.2 Å². The largest absolute Gasteiger partial charge is 0.573 e. The molecule has 3 N–H and O–H groups in total. The maximum Gasteiger partial charge on any atom is 0.573 e. The number of hydrogen-bond donors (Lipinski definition) is 2. The average molecular weight is 394 g/mol. The molecule has 2 aromatic carbocycles. The molecule has 148 valence electrons. The smallest absolute Gasteiger partial charge is 0.450 e. The number of carbonyl (C=O) groups is 1. The minimum atomic E-state index is -4.75. The Bertz CT molecular complexity index is 848. The average Bonchev–Trinajstić information content (AvgIpc) is 2.62. The van der Waals surface area contributed by atoms with Gasteiger partial charge >= 0.3 is 12.5 Å². The minimum absolute atomic E-state index is 0.170. The van der Waals surface area contributed by atoms with Crippen molar-refractivity contribution in [2.75, 3.05) is 11.9 Å². The van der Waals surface area contributed by atoms with Crippen LogP contribution in [-0.4, -0.2) is 31.2 Å². The van der Waals surface area contributed by atoms with Crippen LogP contribution >= 0.6 is 0 Å². The lowest BCUT2D eigenvalue weighted by Gasteiger charge is -2.08. The van der Waals surface area contributed by atoms with E-state index in [4.69, 9.17) is 10.5 Å². The van der Waals surface area contributed by atoms with Gasteiger partial charge in [0.05, 0.1) is 12.3 Å². The summed E-state index contributed by atoms with van der Waals surface area (Å²) in [4.78, 5) is 19.3. The first kappa shape index (κ1) is 20.7. The molecule has 0 saturated carbocycles. The number of hydrogen-bond acceptors (Lipinski definition) is 4. The number of amides is 1. The molecule has 7 nitrogen and oxygen atoms in total. The summed E-state index contributed by atoms with van der Waals surface area (Å²) in [6.07, 6.45) is -4.12. The number of halogens is 3. The van der Waals surface area contributed by atoms with E-state index in [1.54, 1.807) is 31.2 Å². The summed E-state index contributed by atoms with van der Waals surface area (Å²) in [6, 6.07) is 11.5. The maximum absolute atomic E-state index is 12.1. The molecule has 0 radical (unpaired) electrons. The summed E-state index contributed by atoms with van der Waals surface area (Å²) >= 11 is 0. The van der Waals surface area contributed by atoms with Gasteiger partial charge in [-0.15, -0.1) is 13.2 Å². The third-order valence-corrected chi connectivity index (χ3v) is 3.18. The van der Waals surface area contributed by atoms with Crippen molar-refractivity contribution < 1.29 is 27.4 Å². The number of aliphatic imine (C=N–C) groups is 2. The molecule has 0 atom stereocenters. The van der Waals surface area contributed by atoms with E-state index in [9.17, 15) is 18.0 Å². The molecule has 1 amide bonds. The van der Waals surface area contributed by atoms with Gasteiger partial charge in [-0.2, -0.15) is 0 Å². The molecule has 0 fully saturated rings. The SMILES string of the molecule is CCOC(=O)Nc1ccc(C(N)=NC=Nc2ccc(OC(F)(F)F)cc2)cc1. The molecule has 0 aromatic heterocycles. The van der Waals surface area contributed by atoms with Crippen LogP contribution in [0.1, 0.15) is 12.5 Å². The maximum atomic E-state index is 12.1. The molecular formula is C18H17F3N4O3. The summed E-state index contributed by atoms with van der Waals surface area (Å²) in [7, 11) is 0. The molecule has 0 heterocycles. The number of rotatable bonds is 6. The van der Waals surface area contributed by atoms with Crippen molar-refractivity contribution >= 4 is 29.6 Å². The topological polar surface area (TPSA) is 98.3 Å². The van der Waals surface area contributed by atoms with Crippen molar-refractivity contribution in [1.82, 2.24) is 0 Å². The number of carbonyl (C=O) groups excluding carboxylic acids is 1. The number of alkyl halides is 3. The Morgan fingerprint density at radius 2 is 1.79 bits per heavy atom. The molecule has 28 heavy (non-hydrogen) atoms. The van der Waals surface area contributed by atoms with E-state index in [1.165, 1.54) is 18.5 Å². The molecular weight excluding hydrogens is 377 g/mol. The Hall–Kier alpha value is -3.56. The lowest BCUT2D eigenvalue weighted by atomic mass is 10.2. The predicted molar refractivity (Wildman–Crippen MR) is 99.1 cm³/mol. The van der Waals surface area contributed by atoms with Crippen molar-refractivity contribution in [3.8, 4) is 5.75 Å². The monoisotopic (exact) mass is 394 g/mol. The van der Waals surface area contributed by atoms with Gasteiger partial charge in [-0.25, -0.2) is 14.8 Å². The highest BCUT2D eigenvalue weighted by Crippen LogP contribution is 2.24. The Morgan fingerprint density at radius 1 is 1.14 bits per heavy atom. The van der Waals surface area contributed by atoms with E-state index < -0.39 is 12.5 Å². The van der Waals surface area contributed by atoms with Crippen LogP contribution in [0.3, 0.4) is 0 Å². The Labute approximate surface area is 158 Å². The van der Waals surface area contributed by atoms with Crippen molar-refractivity contribution in [3.05, 3.63) is 54.1 Å². The molecule has 0 aliphatic rings. The first-order chi connectivity index (χ1) is 13.3. The zero-order chi connectivity index (χ0) is 20.6. The van der Waals surface area contributed by atoms with Gasteiger partial charge in [-0.05, 0) is 55.5 Å². The number of benzene rings is 2. The van der Waals surface area contributed by atoms with E-state index >= 15 is 0 Å². The highest BCUT2D eigenvalue weighted by molar-refractivity contribution is 6.01. The van der Waals surface area contributed by atoms with Crippen molar-refractivity contribution in [2.24, 2.45) is 15.7 Å². The standard InChI is InChI=1S/C18H17F3N4O3/c1-2-27-17(26)25-14-5-3-12(4-6-14)16(22)24-11-23-13-7-9-15(10-8-13)28-18(19,20)21/h3-11H,2H2,1H3,(H,25,26)(H2,22,23,24). The third-order valence-electron chi connectivity index (χ3n) is 3.18. The molecule has 0 unspecified atom stereocenters. The summed E-state index contributed by atoms with van der Waals surface area (Å²) in [5.74, 6) is -0.172. The fourth-order valence-electron chi connectivity index (χ4n) is 1.98. The molecule has 0 aliphatic heterocycles. The first-order valence-electron chi connectivity index (χ1n) is 8.02. The number of ether oxygens (including phenoxy) is 2. The van der Waals surface area contributed by atoms with E-state index in [-0.39, 0.29) is 18.2 Å². The van der Waals surface area contributed by atoms with E-state index in [1.807, 2.05) is 0 Å². The summed E-state index contributed by atoms with van der Waals surface area (Å²) in [6.45, 7) is 1.97. The molecule has 0 spiro atoms. The number of amidine groups is 1. The summed E-state index contributed by atoms with van der Waals surface area (Å²) < 4.78 is 44.9. The molecule has 0 aliphatic carbocycles. The Balaban J connectivity index is 1.96. The number of nitrogens with one attached hydrogen (secondary N) is 1. The van der Waals surface area contributed by atoms with Crippen LogP contribution in [0, 0.1) is 0 Å². The summed E-state index contributed by atoms with van der Waals surface area (Å²) in [5.41, 5.74) is 7.35. The van der Waals surface area contributed by atoms with Crippen LogP contribution in [0.4, 0.5) is 29.3 Å². The first-order valence-corrected chi connectivity index (χ1v) is 8.02. The number of anilines is 1. The molecule has 0 bridgehead atoms. The zero-order valence-electron chi connectivity index (χ0n) is 14.7. The molecule has 2 rings (SSSR count). The van der Waals surface area contributed by atoms with E-state index in [2.05, 4.69) is 20.0 Å². The summed E-state index contributed by atoms with van der Waals surface area (Å²) in [5, 5.41) is 2.54. The third kappa shape index (κ3) is 6.98. The second-order valence-corrected chi connectivity index (χ2v) is 5.22. The van der Waals surface area contributed by atoms with Crippen LogP contribution < -0.4 is 15.8 Å². The van der Waals surface area contributed by atoms with Crippen LogP contribution in [0.25, 0.3) is 0 Å². The predicted octanol–water partition coefficient (Wildman–Crippen LogP) is 4.22. The second kappa shape index (κ2) is 9.40. The van der Waals surface area contributed by atoms with Crippen molar-refractivity contribution in [2.45, 2.75) is 13.3 Å². The van der Waals surface area contributed by atoms with Crippen molar-refractivity contribution in [1.29, 1.82) is 0 Å².